The van der Waals surface area contributed by atoms with Crippen molar-refractivity contribution in [2.24, 2.45) is 0 Å². The molecule has 1 aliphatic rings. The smallest absolute Gasteiger partial charge is 0.119 e. The van der Waals surface area contributed by atoms with Crippen molar-refractivity contribution in [2.45, 2.75) is 25.3 Å². The Bertz CT molecular complexity index is 338. The van der Waals surface area contributed by atoms with Crippen LogP contribution in [0.5, 0.6) is 5.75 Å². The summed E-state index contributed by atoms with van der Waals surface area (Å²) in [6.45, 7) is 0. The van der Waals surface area contributed by atoms with Gasteiger partial charge in [-0.1, -0.05) is 12.1 Å². The molecule has 3 heteroatoms. The van der Waals surface area contributed by atoms with Crippen LogP contribution in [0.2, 0.25) is 0 Å². The summed E-state index contributed by atoms with van der Waals surface area (Å²) in [5, 5.41) is 9.67. The van der Waals surface area contributed by atoms with Crippen molar-refractivity contribution in [1.29, 1.82) is 0 Å². The molecule has 1 N–H and O–H groups in total. The summed E-state index contributed by atoms with van der Waals surface area (Å²) < 4.78 is 0. The van der Waals surface area contributed by atoms with Crippen LogP contribution < -0.4 is 0 Å². The van der Waals surface area contributed by atoms with Crippen LogP contribution in [0, 0.1) is 0 Å². The molecule has 15 heavy (non-hydrogen) atoms. The second-order valence-corrected chi connectivity index (χ2v) is 4.28. The predicted octanol–water partition coefficient (Wildman–Crippen LogP) is 2.39. The molecule has 0 saturated carbocycles. The molecule has 1 atom stereocenters. The highest BCUT2D eigenvalue weighted by Gasteiger charge is 2.21. The van der Waals surface area contributed by atoms with Crippen LogP contribution >= 0.6 is 17.0 Å². The Morgan fingerprint density at radius 3 is 2.73 bits per heavy atom. The highest BCUT2D eigenvalue weighted by molar-refractivity contribution is 8.93. The Morgan fingerprint density at radius 2 is 2.07 bits per heavy atom. The zero-order chi connectivity index (χ0) is 10.1. The molecule has 0 amide bonds. The highest BCUT2D eigenvalue weighted by Crippen LogP contribution is 2.29. The fourth-order valence-corrected chi connectivity index (χ4v) is 2.21. The van der Waals surface area contributed by atoms with E-state index in [4.69, 9.17) is 0 Å². The van der Waals surface area contributed by atoms with E-state index in [9.17, 15) is 5.11 Å². The summed E-state index contributed by atoms with van der Waals surface area (Å²) in [7, 11) is 4.25. The molecular formula is C12H18BrNO. The van der Waals surface area contributed by atoms with Crippen LogP contribution in [0.25, 0.3) is 0 Å². The van der Waals surface area contributed by atoms with Gasteiger partial charge in [0.2, 0.25) is 0 Å². The van der Waals surface area contributed by atoms with Gasteiger partial charge in [0.15, 0.2) is 0 Å². The van der Waals surface area contributed by atoms with Gasteiger partial charge in [-0.05, 0) is 50.6 Å². The van der Waals surface area contributed by atoms with Crippen LogP contribution in [0.4, 0.5) is 0 Å². The van der Waals surface area contributed by atoms with E-state index in [-0.39, 0.29) is 17.0 Å². The molecule has 1 aromatic carbocycles. The highest BCUT2D eigenvalue weighted by atomic mass is 79.9. The van der Waals surface area contributed by atoms with E-state index in [1.807, 2.05) is 6.07 Å². The number of likely N-dealkylation sites (N-methyl/N-ethyl adjacent to an activating group) is 1. The van der Waals surface area contributed by atoms with Crippen molar-refractivity contribution in [3.8, 4) is 5.75 Å². The fourth-order valence-electron chi connectivity index (χ4n) is 2.21. The van der Waals surface area contributed by atoms with Gasteiger partial charge >= 0.3 is 0 Å². The van der Waals surface area contributed by atoms with Crippen molar-refractivity contribution in [2.75, 3.05) is 14.1 Å². The van der Waals surface area contributed by atoms with E-state index in [1.165, 1.54) is 5.56 Å². The van der Waals surface area contributed by atoms with Crippen LogP contribution in [-0.2, 0) is 12.8 Å². The summed E-state index contributed by atoms with van der Waals surface area (Å²) in [5.41, 5.74) is 2.47. The molecule has 0 heterocycles. The maximum Gasteiger partial charge on any atom is 0.119 e. The van der Waals surface area contributed by atoms with Gasteiger partial charge in [0.1, 0.15) is 5.75 Å². The molecule has 0 spiro atoms. The number of benzene rings is 1. The molecule has 2 rings (SSSR count). The topological polar surface area (TPSA) is 23.5 Å². The number of hydrogen-bond donors (Lipinski definition) is 1. The van der Waals surface area contributed by atoms with E-state index >= 15 is 0 Å². The average Bonchev–Trinajstić information content (AvgIpc) is 2.17. The number of aromatic hydroxyl groups is 1. The Balaban J connectivity index is 0.00000112. The second kappa shape index (κ2) is 4.99. The first-order valence-electron chi connectivity index (χ1n) is 5.14. The van der Waals surface area contributed by atoms with Crippen molar-refractivity contribution in [3.63, 3.8) is 0 Å². The minimum atomic E-state index is 0. The predicted molar refractivity (Wildman–Crippen MR) is 67.9 cm³/mol. The van der Waals surface area contributed by atoms with Gasteiger partial charge in [-0.25, -0.2) is 0 Å². The molecule has 0 aliphatic heterocycles. The summed E-state index contributed by atoms with van der Waals surface area (Å²) in [6.07, 6.45) is 3.22. The first kappa shape index (κ1) is 12.5. The first-order chi connectivity index (χ1) is 6.68. The maximum atomic E-state index is 9.67. The van der Waals surface area contributed by atoms with Gasteiger partial charge in [-0.15, -0.1) is 17.0 Å². The SMILES string of the molecule is Br.CN(C)C1CCc2c(O)cccc2C1. The van der Waals surface area contributed by atoms with E-state index < -0.39 is 0 Å². The third-order valence-electron chi connectivity index (χ3n) is 3.16. The Hall–Kier alpha value is -0.540. The first-order valence-corrected chi connectivity index (χ1v) is 5.14. The van der Waals surface area contributed by atoms with E-state index in [0.29, 0.717) is 11.8 Å². The molecule has 1 aromatic rings. The second-order valence-electron chi connectivity index (χ2n) is 4.28. The monoisotopic (exact) mass is 271 g/mol. The number of phenolic OH excluding ortho intramolecular Hbond substituents is 1. The molecule has 0 fully saturated rings. The van der Waals surface area contributed by atoms with Gasteiger partial charge < -0.3 is 10.0 Å². The van der Waals surface area contributed by atoms with Crippen LogP contribution in [0.3, 0.4) is 0 Å². The number of phenols is 1. The van der Waals surface area contributed by atoms with Crippen LogP contribution in [-0.4, -0.2) is 30.1 Å². The van der Waals surface area contributed by atoms with Crippen LogP contribution in [0.15, 0.2) is 18.2 Å². The van der Waals surface area contributed by atoms with Crippen molar-refractivity contribution < 1.29 is 5.11 Å². The third kappa shape index (κ3) is 2.52. The zero-order valence-electron chi connectivity index (χ0n) is 9.23. The molecule has 0 aromatic heterocycles. The molecular weight excluding hydrogens is 254 g/mol. The minimum absolute atomic E-state index is 0. The summed E-state index contributed by atoms with van der Waals surface area (Å²) in [6, 6.07) is 6.48. The lowest BCUT2D eigenvalue weighted by Crippen LogP contribution is -2.33. The quantitative estimate of drug-likeness (QED) is 0.848. The number of hydrogen-bond acceptors (Lipinski definition) is 2. The van der Waals surface area contributed by atoms with Gasteiger partial charge in [0, 0.05) is 6.04 Å². The molecule has 84 valence electrons. The third-order valence-corrected chi connectivity index (χ3v) is 3.16. The summed E-state index contributed by atoms with van der Waals surface area (Å²) in [4.78, 5) is 2.27. The molecule has 0 bridgehead atoms. The average molecular weight is 272 g/mol. The van der Waals surface area contributed by atoms with Crippen LogP contribution in [0.1, 0.15) is 17.5 Å². The van der Waals surface area contributed by atoms with Gasteiger partial charge in [-0.3, -0.25) is 0 Å². The Labute approximate surface area is 102 Å². The van der Waals surface area contributed by atoms with E-state index in [1.54, 1.807) is 6.07 Å². The molecule has 2 nitrogen and oxygen atoms in total. The number of halogens is 1. The largest absolute Gasteiger partial charge is 0.508 e. The summed E-state index contributed by atoms with van der Waals surface area (Å²) >= 11 is 0. The Kier molecular flexibility index (Phi) is 4.17. The minimum Gasteiger partial charge on any atom is -0.508 e. The lowest BCUT2D eigenvalue weighted by molar-refractivity contribution is 0.266. The molecule has 0 radical (unpaired) electrons. The fraction of sp³-hybridized carbons (Fsp3) is 0.500. The van der Waals surface area contributed by atoms with Gasteiger partial charge in [-0.2, -0.15) is 0 Å². The molecule has 1 aliphatic carbocycles. The van der Waals surface area contributed by atoms with Crippen molar-refractivity contribution >= 4 is 17.0 Å². The normalized spacial score (nSPS) is 19.5. The standard InChI is InChI=1S/C12H17NO.BrH/c1-13(2)10-6-7-11-9(8-10)4-3-5-12(11)14;/h3-5,10,14H,6-8H2,1-2H3;1H. The molecule has 1 unspecified atom stereocenters. The number of rotatable bonds is 1. The van der Waals surface area contributed by atoms with Gasteiger partial charge in [0.25, 0.3) is 0 Å². The number of fused-ring (bicyclic) bond motifs is 1. The maximum absolute atomic E-state index is 9.67. The number of nitrogens with zero attached hydrogens (tertiary/aromatic N) is 1. The Morgan fingerprint density at radius 1 is 1.33 bits per heavy atom. The summed E-state index contributed by atoms with van der Waals surface area (Å²) in [5.74, 6) is 0.472. The van der Waals surface area contributed by atoms with Gasteiger partial charge in [0.05, 0.1) is 0 Å². The lowest BCUT2D eigenvalue weighted by Gasteiger charge is -2.30. The van der Waals surface area contributed by atoms with E-state index in [2.05, 4.69) is 25.1 Å². The lowest BCUT2D eigenvalue weighted by atomic mass is 9.87. The molecule has 0 saturated heterocycles. The van der Waals surface area contributed by atoms with Crippen molar-refractivity contribution in [1.82, 2.24) is 4.90 Å². The van der Waals surface area contributed by atoms with Crippen molar-refractivity contribution in [3.05, 3.63) is 29.3 Å². The van der Waals surface area contributed by atoms with E-state index in [0.717, 1.165) is 24.8 Å². The zero-order valence-corrected chi connectivity index (χ0v) is 10.9.